The van der Waals surface area contributed by atoms with Crippen molar-refractivity contribution in [1.29, 1.82) is 0 Å². The van der Waals surface area contributed by atoms with Gasteiger partial charge in [0, 0.05) is 37.4 Å². The van der Waals surface area contributed by atoms with Gasteiger partial charge >= 0.3 is 0 Å². The molecule has 0 aliphatic heterocycles. The summed E-state index contributed by atoms with van der Waals surface area (Å²) >= 11 is 0. The summed E-state index contributed by atoms with van der Waals surface area (Å²) in [6, 6.07) is 8.06. The van der Waals surface area contributed by atoms with E-state index >= 15 is 0 Å². The second-order valence-corrected chi connectivity index (χ2v) is 5.91. The largest absolute Gasteiger partial charge is 0.497 e. The second kappa shape index (κ2) is 6.62. The van der Waals surface area contributed by atoms with Crippen LogP contribution in [0.15, 0.2) is 36.4 Å². The van der Waals surface area contributed by atoms with Gasteiger partial charge < -0.3 is 15.0 Å². The van der Waals surface area contributed by atoms with Crippen molar-refractivity contribution in [3.8, 4) is 5.75 Å². The SMILES string of the molecule is C=C(CNC(C)(C)C)CN(C)c1cccc(OC)c1. The summed E-state index contributed by atoms with van der Waals surface area (Å²) < 4.78 is 5.24. The Morgan fingerprint density at radius 2 is 2.05 bits per heavy atom. The van der Waals surface area contributed by atoms with E-state index in [1.54, 1.807) is 7.11 Å². The molecule has 0 saturated heterocycles. The van der Waals surface area contributed by atoms with Crippen LogP contribution in [0.25, 0.3) is 0 Å². The molecule has 0 spiro atoms. The molecule has 1 aromatic rings. The lowest BCUT2D eigenvalue weighted by Gasteiger charge is -2.25. The molecule has 0 atom stereocenters. The zero-order chi connectivity index (χ0) is 14.5. The fraction of sp³-hybridized carbons (Fsp3) is 0.500. The first kappa shape index (κ1) is 15.6. The van der Waals surface area contributed by atoms with Crippen molar-refractivity contribution in [2.24, 2.45) is 0 Å². The van der Waals surface area contributed by atoms with Crippen molar-refractivity contribution in [3.05, 3.63) is 36.4 Å². The van der Waals surface area contributed by atoms with Gasteiger partial charge in [0.25, 0.3) is 0 Å². The summed E-state index contributed by atoms with van der Waals surface area (Å²) in [6.07, 6.45) is 0. The van der Waals surface area contributed by atoms with Gasteiger partial charge in [0.05, 0.1) is 7.11 Å². The van der Waals surface area contributed by atoms with Gasteiger partial charge in [-0.15, -0.1) is 0 Å². The van der Waals surface area contributed by atoms with Gasteiger partial charge in [-0.05, 0) is 38.5 Å². The van der Waals surface area contributed by atoms with Crippen LogP contribution in [0.5, 0.6) is 5.75 Å². The molecule has 1 N–H and O–H groups in total. The van der Waals surface area contributed by atoms with Crippen molar-refractivity contribution in [2.45, 2.75) is 26.3 Å². The van der Waals surface area contributed by atoms with Crippen LogP contribution in [0.2, 0.25) is 0 Å². The van der Waals surface area contributed by atoms with Crippen LogP contribution < -0.4 is 15.0 Å². The minimum atomic E-state index is 0.122. The van der Waals surface area contributed by atoms with Crippen molar-refractivity contribution in [2.75, 3.05) is 32.1 Å². The van der Waals surface area contributed by atoms with Crippen molar-refractivity contribution in [1.82, 2.24) is 5.32 Å². The van der Waals surface area contributed by atoms with E-state index in [4.69, 9.17) is 4.74 Å². The molecule has 0 aliphatic carbocycles. The molecule has 0 radical (unpaired) electrons. The maximum atomic E-state index is 5.24. The first-order chi connectivity index (χ1) is 8.81. The third-order valence-corrected chi connectivity index (χ3v) is 2.82. The molecule has 106 valence electrons. The molecule has 0 unspecified atom stereocenters. The first-order valence-corrected chi connectivity index (χ1v) is 6.59. The number of nitrogens with one attached hydrogen (secondary N) is 1. The number of hydrogen-bond donors (Lipinski definition) is 1. The van der Waals surface area contributed by atoms with Gasteiger partial charge in [-0.2, -0.15) is 0 Å². The third-order valence-electron chi connectivity index (χ3n) is 2.82. The van der Waals surface area contributed by atoms with Crippen LogP contribution in [0, 0.1) is 0 Å². The lowest BCUT2D eigenvalue weighted by Crippen LogP contribution is -2.38. The Kier molecular flexibility index (Phi) is 5.43. The number of anilines is 1. The molecule has 0 fully saturated rings. The molecular weight excluding hydrogens is 236 g/mol. The molecule has 0 bridgehead atoms. The van der Waals surface area contributed by atoms with E-state index in [1.165, 1.54) is 5.57 Å². The van der Waals surface area contributed by atoms with Crippen molar-refractivity contribution in [3.63, 3.8) is 0 Å². The third kappa shape index (κ3) is 5.79. The number of ether oxygens (including phenoxy) is 1. The smallest absolute Gasteiger partial charge is 0.120 e. The van der Waals surface area contributed by atoms with E-state index in [9.17, 15) is 0 Å². The van der Waals surface area contributed by atoms with Gasteiger partial charge in [0.1, 0.15) is 5.75 Å². The lowest BCUT2D eigenvalue weighted by atomic mass is 10.1. The Labute approximate surface area is 117 Å². The number of benzene rings is 1. The molecule has 3 nitrogen and oxygen atoms in total. The summed E-state index contributed by atoms with van der Waals surface area (Å²) in [6.45, 7) is 12.3. The van der Waals surface area contributed by atoms with Crippen LogP contribution in [0.4, 0.5) is 5.69 Å². The van der Waals surface area contributed by atoms with Gasteiger partial charge in [0.15, 0.2) is 0 Å². The number of rotatable bonds is 6. The highest BCUT2D eigenvalue weighted by atomic mass is 16.5. The number of hydrogen-bond acceptors (Lipinski definition) is 3. The Bertz CT molecular complexity index is 421. The standard InChI is InChI=1S/C16H26N2O/c1-13(11-17-16(2,3)4)12-18(5)14-8-7-9-15(10-14)19-6/h7-10,17H,1,11-12H2,2-6H3. The second-order valence-electron chi connectivity index (χ2n) is 5.91. The quantitative estimate of drug-likeness (QED) is 0.797. The first-order valence-electron chi connectivity index (χ1n) is 6.59. The predicted octanol–water partition coefficient (Wildman–Crippen LogP) is 3.08. The van der Waals surface area contributed by atoms with Crippen molar-refractivity contribution >= 4 is 5.69 Å². The summed E-state index contributed by atoms with van der Waals surface area (Å²) in [5.41, 5.74) is 2.42. The molecule has 0 amide bonds. The van der Waals surface area contributed by atoms with Gasteiger partial charge in [-0.3, -0.25) is 0 Å². The van der Waals surface area contributed by atoms with Crippen molar-refractivity contribution < 1.29 is 4.74 Å². The average Bonchev–Trinajstić information content (AvgIpc) is 2.35. The Morgan fingerprint density at radius 3 is 2.63 bits per heavy atom. The normalized spacial score (nSPS) is 11.2. The molecule has 0 heterocycles. The molecule has 1 aromatic carbocycles. The zero-order valence-electron chi connectivity index (χ0n) is 12.8. The summed E-state index contributed by atoms with van der Waals surface area (Å²) in [7, 11) is 3.75. The molecular formula is C16H26N2O. The highest BCUT2D eigenvalue weighted by Crippen LogP contribution is 2.20. The van der Waals surface area contributed by atoms with Crippen LogP contribution in [0.1, 0.15) is 20.8 Å². The zero-order valence-corrected chi connectivity index (χ0v) is 12.8. The summed E-state index contributed by atoms with van der Waals surface area (Å²) in [4.78, 5) is 2.18. The fourth-order valence-corrected chi connectivity index (χ4v) is 1.72. The average molecular weight is 262 g/mol. The van der Waals surface area contributed by atoms with Crippen LogP contribution >= 0.6 is 0 Å². The van der Waals surface area contributed by atoms with Crippen LogP contribution in [-0.4, -0.2) is 32.8 Å². The van der Waals surface area contributed by atoms with E-state index in [0.717, 1.165) is 24.5 Å². The monoisotopic (exact) mass is 262 g/mol. The molecule has 1 rings (SSSR count). The number of methoxy groups -OCH3 is 1. The maximum absolute atomic E-state index is 5.24. The topological polar surface area (TPSA) is 24.5 Å². The Balaban J connectivity index is 2.54. The Hall–Kier alpha value is -1.48. The fourth-order valence-electron chi connectivity index (χ4n) is 1.72. The molecule has 0 saturated carbocycles. The van der Waals surface area contributed by atoms with E-state index in [1.807, 2.05) is 18.2 Å². The van der Waals surface area contributed by atoms with E-state index < -0.39 is 0 Å². The predicted molar refractivity (Wildman–Crippen MR) is 83.2 cm³/mol. The lowest BCUT2D eigenvalue weighted by molar-refractivity contribution is 0.415. The van der Waals surface area contributed by atoms with Gasteiger partial charge in [0.2, 0.25) is 0 Å². The van der Waals surface area contributed by atoms with Crippen LogP contribution in [0.3, 0.4) is 0 Å². The van der Waals surface area contributed by atoms with E-state index in [-0.39, 0.29) is 5.54 Å². The van der Waals surface area contributed by atoms with Crippen LogP contribution in [-0.2, 0) is 0 Å². The maximum Gasteiger partial charge on any atom is 0.120 e. The summed E-state index contributed by atoms with van der Waals surface area (Å²) in [5.74, 6) is 0.878. The highest BCUT2D eigenvalue weighted by molar-refractivity contribution is 5.51. The number of nitrogens with zero attached hydrogens (tertiary/aromatic N) is 1. The van der Waals surface area contributed by atoms with E-state index in [0.29, 0.717) is 0 Å². The molecule has 0 aliphatic rings. The minimum absolute atomic E-state index is 0.122. The number of likely N-dealkylation sites (N-methyl/N-ethyl adjacent to an activating group) is 1. The molecule has 19 heavy (non-hydrogen) atoms. The van der Waals surface area contributed by atoms with Gasteiger partial charge in [-0.25, -0.2) is 0 Å². The Morgan fingerprint density at radius 1 is 1.37 bits per heavy atom. The molecule has 0 aromatic heterocycles. The molecule has 3 heteroatoms. The van der Waals surface area contributed by atoms with E-state index in [2.05, 4.69) is 50.7 Å². The highest BCUT2D eigenvalue weighted by Gasteiger charge is 2.10. The van der Waals surface area contributed by atoms with Gasteiger partial charge in [-0.1, -0.05) is 12.6 Å². The minimum Gasteiger partial charge on any atom is -0.497 e. The summed E-state index contributed by atoms with van der Waals surface area (Å²) in [5, 5.41) is 3.45.